The summed E-state index contributed by atoms with van der Waals surface area (Å²) in [6.45, 7) is 10.7. The van der Waals surface area contributed by atoms with E-state index >= 15 is 0 Å². The van der Waals surface area contributed by atoms with Crippen molar-refractivity contribution in [2.75, 3.05) is 5.73 Å². The second-order valence-electron chi connectivity index (χ2n) is 6.89. The molecule has 0 spiro atoms. The first-order valence-electron chi connectivity index (χ1n) is 9.01. The van der Waals surface area contributed by atoms with Crippen molar-refractivity contribution in [2.24, 2.45) is 7.05 Å². The van der Waals surface area contributed by atoms with E-state index in [0.29, 0.717) is 11.7 Å². The molecule has 24 heavy (non-hydrogen) atoms. The second kappa shape index (κ2) is 7.77. The summed E-state index contributed by atoms with van der Waals surface area (Å²) in [6.07, 6.45) is 6.24. The maximum absolute atomic E-state index is 6.07. The number of hydrogen-bond donors (Lipinski definition) is 1. The fourth-order valence-corrected chi connectivity index (χ4v) is 3.47. The maximum atomic E-state index is 6.07. The SMILES string of the molecule is CCCCCCC(C)c1c(-c2c(C)nn(C)c2C)nnc(N)c1C. The predicted molar refractivity (Wildman–Crippen MR) is 100 cm³/mol. The number of nitrogens with zero attached hydrogens (tertiary/aromatic N) is 4. The minimum Gasteiger partial charge on any atom is -0.382 e. The van der Waals surface area contributed by atoms with Crippen LogP contribution in [0.25, 0.3) is 11.3 Å². The van der Waals surface area contributed by atoms with Crippen LogP contribution in [-0.2, 0) is 7.05 Å². The van der Waals surface area contributed by atoms with Gasteiger partial charge in [0.05, 0.1) is 5.69 Å². The van der Waals surface area contributed by atoms with Crippen molar-refractivity contribution < 1.29 is 0 Å². The van der Waals surface area contributed by atoms with E-state index in [-0.39, 0.29) is 0 Å². The number of unbranched alkanes of at least 4 members (excludes halogenated alkanes) is 3. The largest absolute Gasteiger partial charge is 0.382 e. The van der Waals surface area contributed by atoms with Gasteiger partial charge in [0, 0.05) is 18.3 Å². The van der Waals surface area contributed by atoms with Crippen LogP contribution in [0.1, 0.15) is 74.4 Å². The Morgan fingerprint density at radius 3 is 2.38 bits per heavy atom. The summed E-state index contributed by atoms with van der Waals surface area (Å²) < 4.78 is 1.91. The van der Waals surface area contributed by atoms with Gasteiger partial charge in [0.2, 0.25) is 0 Å². The van der Waals surface area contributed by atoms with E-state index in [9.17, 15) is 0 Å². The van der Waals surface area contributed by atoms with Crippen molar-refractivity contribution >= 4 is 5.82 Å². The molecule has 2 rings (SSSR count). The Labute approximate surface area is 145 Å². The average molecular weight is 329 g/mol. The van der Waals surface area contributed by atoms with Gasteiger partial charge in [-0.2, -0.15) is 5.10 Å². The van der Waals surface area contributed by atoms with Crippen LogP contribution in [0.5, 0.6) is 0 Å². The molecule has 0 saturated heterocycles. The molecule has 0 radical (unpaired) electrons. The lowest BCUT2D eigenvalue weighted by Crippen LogP contribution is -2.09. The summed E-state index contributed by atoms with van der Waals surface area (Å²) in [5, 5.41) is 13.2. The van der Waals surface area contributed by atoms with Crippen molar-refractivity contribution in [3.05, 3.63) is 22.5 Å². The van der Waals surface area contributed by atoms with Crippen molar-refractivity contribution in [3.63, 3.8) is 0 Å². The molecule has 2 heterocycles. The van der Waals surface area contributed by atoms with Crippen LogP contribution >= 0.6 is 0 Å². The summed E-state index contributed by atoms with van der Waals surface area (Å²) in [5.74, 6) is 0.946. The van der Waals surface area contributed by atoms with Crippen molar-refractivity contribution in [1.82, 2.24) is 20.0 Å². The van der Waals surface area contributed by atoms with E-state index < -0.39 is 0 Å². The number of nitrogens with two attached hydrogens (primary N) is 1. The summed E-state index contributed by atoms with van der Waals surface area (Å²) in [5.41, 5.74) is 12.5. The molecular weight excluding hydrogens is 298 g/mol. The zero-order chi connectivity index (χ0) is 17.9. The van der Waals surface area contributed by atoms with Gasteiger partial charge in [0.25, 0.3) is 0 Å². The van der Waals surface area contributed by atoms with Gasteiger partial charge in [-0.1, -0.05) is 39.5 Å². The molecule has 1 unspecified atom stereocenters. The van der Waals surface area contributed by atoms with Crippen LogP contribution in [0.15, 0.2) is 0 Å². The highest BCUT2D eigenvalue weighted by atomic mass is 15.3. The summed E-state index contributed by atoms with van der Waals surface area (Å²) in [4.78, 5) is 0. The molecule has 0 fully saturated rings. The van der Waals surface area contributed by atoms with Crippen molar-refractivity contribution in [3.8, 4) is 11.3 Å². The minimum absolute atomic E-state index is 0.411. The number of anilines is 1. The first kappa shape index (κ1) is 18.4. The molecule has 0 amide bonds. The summed E-state index contributed by atoms with van der Waals surface area (Å²) in [7, 11) is 1.97. The highest BCUT2D eigenvalue weighted by Crippen LogP contribution is 2.36. The zero-order valence-electron chi connectivity index (χ0n) is 16.0. The Kier molecular flexibility index (Phi) is 5.97. The van der Waals surface area contributed by atoms with Gasteiger partial charge in [-0.15, -0.1) is 10.2 Å². The normalized spacial score (nSPS) is 12.6. The van der Waals surface area contributed by atoms with Gasteiger partial charge in [-0.05, 0) is 44.2 Å². The lowest BCUT2D eigenvalue weighted by molar-refractivity contribution is 0.577. The van der Waals surface area contributed by atoms with E-state index in [1.165, 1.54) is 31.2 Å². The van der Waals surface area contributed by atoms with E-state index in [1.54, 1.807) is 0 Å². The summed E-state index contributed by atoms with van der Waals surface area (Å²) >= 11 is 0. The maximum Gasteiger partial charge on any atom is 0.149 e. The van der Waals surface area contributed by atoms with Gasteiger partial charge in [0.1, 0.15) is 11.5 Å². The summed E-state index contributed by atoms with van der Waals surface area (Å²) in [6, 6.07) is 0. The van der Waals surface area contributed by atoms with Crippen LogP contribution in [0.2, 0.25) is 0 Å². The highest BCUT2D eigenvalue weighted by molar-refractivity contribution is 5.71. The van der Waals surface area contributed by atoms with Crippen molar-refractivity contribution in [1.29, 1.82) is 0 Å². The third-order valence-corrected chi connectivity index (χ3v) is 5.03. The molecule has 5 nitrogen and oxygen atoms in total. The van der Waals surface area contributed by atoms with Gasteiger partial charge < -0.3 is 5.73 Å². The zero-order valence-corrected chi connectivity index (χ0v) is 16.0. The fourth-order valence-electron chi connectivity index (χ4n) is 3.47. The van der Waals surface area contributed by atoms with Crippen LogP contribution in [0.3, 0.4) is 0 Å². The standard InChI is InChI=1S/C19H31N5/c1-7-8-9-10-11-12(2)16-13(3)19(20)22-21-18(16)17-14(4)23-24(6)15(17)5/h12H,7-11H2,1-6H3,(H2,20,22). The molecule has 0 saturated carbocycles. The third kappa shape index (κ3) is 3.60. The number of nitrogen functional groups attached to an aromatic ring is 1. The van der Waals surface area contributed by atoms with E-state index in [4.69, 9.17) is 5.73 Å². The van der Waals surface area contributed by atoms with E-state index in [1.807, 2.05) is 18.7 Å². The van der Waals surface area contributed by atoms with Crippen LogP contribution < -0.4 is 5.73 Å². The van der Waals surface area contributed by atoms with Crippen LogP contribution in [0.4, 0.5) is 5.82 Å². The number of aryl methyl sites for hydroxylation is 2. The topological polar surface area (TPSA) is 69.6 Å². The molecule has 2 aromatic heterocycles. The van der Waals surface area contributed by atoms with Crippen molar-refractivity contribution in [2.45, 2.75) is 72.6 Å². The lowest BCUT2D eigenvalue weighted by Gasteiger charge is -2.19. The molecule has 1 atom stereocenters. The predicted octanol–water partition coefficient (Wildman–Crippen LogP) is 4.46. The average Bonchev–Trinajstić information content (AvgIpc) is 2.79. The smallest absolute Gasteiger partial charge is 0.149 e. The number of aromatic nitrogens is 4. The molecule has 2 aromatic rings. The van der Waals surface area contributed by atoms with E-state index in [0.717, 1.165) is 34.6 Å². The Morgan fingerprint density at radius 2 is 1.79 bits per heavy atom. The molecule has 2 N–H and O–H groups in total. The Bertz CT molecular complexity index is 702. The molecule has 0 aliphatic carbocycles. The van der Waals surface area contributed by atoms with Gasteiger partial charge in [0.15, 0.2) is 0 Å². The minimum atomic E-state index is 0.411. The number of hydrogen-bond acceptors (Lipinski definition) is 4. The van der Waals surface area contributed by atoms with Gasteiger partial charge in [-0.25, -0.2) is 0 Å². The quantitative estimate of drug-likeness (QED) is 0.761. The van der Waals surface area contributed by atoms with E-state index in [2.05, 4.69) is 43.0 Å². The first-order chi connectivity index (χ1) is 11.4. The Morgan fingerprint density at radius 1 is 1.08 bits per heavy atom. The Hall–Kier alpha value is -1.91. The molecular formula is C19H31N5. The monoisotopic (exact) mass is 329 g/mol. The molecule has 0 aliphatic rings. The van der Waals surface area contributed by atoms with Crippen LogP contribution in [0, 0.1) is 20.8 Å². The third-order valence-electron chi connectivity index (χ3n) is 5.03. The molecule has 0 bridgehead atoms. The Balaban J connectivity index is 2.44. The highest BCUT2D eigenvalue weighted by Gasteiger charge is 2.23. The molecule has 132 valence electrons. The van der Waals surface area contributed by atoms with Gasteiger partial charge in [-0.3, -0.25) is 4.68 Å². The molecule has 5 heteroatoms. The molecule has 0 aliphatic heterocycles. The first-order valence-corrected chi connectivity index (χ1v) is 9.01. The number of rotatable bonds is 7. The lowest BCUT2D eigenvalue weighted by atomic mass is 9.88. The fraction of sp³-hybridized carbons (Fsp3) is 0.632. The second-order valence-corrected chi connectivity index (χ2v) is 6.89. The molecule has 0 aromatic carbocycles. The van der Waals surface area contributed by atoms with Gasteiger partial charge >= 0.3 is 0 Å². The van der Waals surface area contributed by atoms with Crippen LogP contribution in [-0.4, -0.2) is 20.0 Å².